The quantitative estimate of drug-likeness (QED) is 0.854. The predicted molar refractivity (Wildman–Crippen MR) is 83.6 cm³/mol. The highest BCUT2D eigenvalue weighted by Crippen LogP contribution is 2.31. The van der Waals surface area contributed by atoms with Gasteiger partial charge in [0.25, 0.3) is 0 Å². The number of piperidine rings is 1. The number of anilines is 1. The summed E-state index contributed by atoms with van der Waals surface area (Å²) in [5.74, 6) is 0.587. The van der Waals surface area contributed by atoms with Crippen molar-refractivity contribution in [2.45, 2.75) is 18.8 Å². The van der Waals surface area contributed by atoms with Crippen LogP contribution in [0, 0.1) is 11.3 Å². The summed E-state index contributed by atoms with van der Waals surface area (Å²) in [6.07, 6.45) is 6.31. The molecule has 0 bridgehead atoms. The number of nitrogens with zero attached hydrogens (tertiary/aromatic N) is 4. The molecule has 1 fully saturated rings. The largest absolute Gasteiger partial charge is 0.371 e. The van der Waals surface area contributed by atoms with Gasteiger partial charge >= 0.3 is 0 Å². The summed E-state index contributed by atoms with van der Waals surface area (Å²) in [6.45, 7) is 2.00. The third kappa shape index (κ3) is 2.88. The molecule has 0 saturated carbocycles. The van der Waals surface area contributed by atoms with E-state index in [9.17, 15) is 0 Å². The highest BCUT2D eigenvalue weighted by Gasteiger charge is 2.22. The summed E-state index contributed by atoms with van der Waals surface area (Å²) in [7, 11) is 1.96. The van der Waals surface area contributed by atoms with Crippen molar-refractivity contribution >= 4 is 17.3 Å². The van der Waals surface area contributed by atoms with Crippen molar-refractivity contribution < 1.29 is 0 Å². The average Bonchev–Trinajstić information content (AvgIpc) is 2.94. The van der Waals surface area contributed by atoms with Crippen LogP contribution in [0.5, 0.6) is 0 Å². The maximum Gasteiger partial charge on any atom is 0.101 e. The summed E-state index contributed by atoms with van der Waals surface area (Å²) in [4.78, 5) is 2.33. The second kappa shape index (κ2) is 5.79. The molecule has 0 N–H and O–H groups in total. The molecule has 4 nitrogen and oxygen atoms in total. The van der Waals surface area contributed by atoms with Crippen molar-refractivity contribution in [2.24, 2.45) is 7.05 Å². The lowest BCUT2D eigenvalue weighted by molar-refractivity contribution is 0.505. The molecule has 0 unspecified atom stereocenters. The van der Waals surface area contributed by atoms with Crippen molar-refractivity contribution in [2.75, 3.05) is 18.0 Å². The number of halogens is 1. The van der Waals surface area contributed by atoms with Crippen molar-refractivity contribution in [3.8, 4) is 6.07 Å². The Morgan fingerprint density at radius 1 is 1.33 bits per heavy atom. The van der Waals surface area contributed by atoms with Crippen LogP contribution in [0.15, 0.2) is 30.6 Å². The van der Waals surface area contributed by atoms with Crippen LogP contribution in [0.3, 0.4) is 0 Å². The lowest BCUT2D eigenvalue weighted by Crippen LogP contribution is -2.32. The van der Waals surface area contributed by atoms with Crippen LogP contribution in [0.2, 0.25) is 5.02 Å². The Morgan fingerprint density at radius 2 is 2.10 bits per heavy atom. The monoisotopic (exact) mass is 300 g/mol. The van der Waals surface area contributed by atoms with Crippen LogP contribution < -0.4 is 4.90 Å². The number of nitriles is 1. The molecule has 5 heteroatoms. The van der Waals surface area contributed by atoms with Crippen LogP contribution in [-0.2, 0) is 7.05 Å². The SMILES string of the molecule is Cn1cc(C2CCN(c3ccc(C#N)c(Cl)c3)CC2)cn1. The fourth-order valence-corrected chi connectivity index (χ4v) is 3.13. The van der Waals surface area contributed by atoms with Gasteiger partial charge in [-0.05, 0) is 42.5 Å². The first kappa shape index (κ1) is 14.0. The Kier molecular flexibility index (Phi) is 3.85. The van der Waals surface area contributed by atoms with Gasteiger partial charge in [0.1, 0.15) is 6.07 Å². The van der Waals surface area contributed by atoms with E-state index in [1.54, 1.807) is 6.07 Å². The molecule has 1 aromatic heterocycles. The third-order valence-corrected chi connectivity index (χ3v) is 4.44. The minimum atomic E-state index is 0.532. The average molecular weight is 301 g/mol. The van der Waals surface area contributed by atoms with E-state index in [4.69, 9.17) is 16.9 Å². The van der Waals surface area contributed by atoms with Gasteiger partial charge in [0.05, 0.1) is 16.8 Å². The predicted octanol–water partition coefficient (Wildman–Crippen LogP) is 3.33. The van der Waals surface area contributed by atoms with Crippen LogP contribution in [0.4, 0.5) is 5.69 Å². The van der Waals surface area contributed by atoms with Crippen molar-refractivity contribution in [1.29, 1.82) is 5.26 Å². The fraction of sp³-hybridized carbons (Fsp3) is 0.375. The maximum absolute atomic E-state index is 8.93. The zero-order valence-electron chi connectivity index (χ0n) is 12.0. The Balaban J connectivity index is 1.68. The van der Waals surface area contributed by atoms with Crippen molar-refractivity contribution in [3.63, 3.8) is 0 Å². The number of aryl methyl sites for hydroxylation is 1. The molecular weight excluding hydrogens is 284 g/mol. The summed E-state index contributed by atoms with van der Waals surface area (Å²) >= 11 is 6.12. The van der Waals surface area contributed by atoms with E-state index >= 15 is 0 Å². The molecule has 2 aromatic rings. The molecule has 1 aromatic carbocycles. The van der Waals surface area contributed by atoms with E-state index in [0.717, 1.165) is 31.6 Å². The van der Waals surface area contributed by atoms with Gasteiger partial charge in [0.15, 0.2) is 0 Å². The van der Waals surface area contributed by atoms with Crippen LogP contribution in [0.1, 0.15) is 29.9 Å². The van der Waals surface area contributed by atoms with Crippen molar-refractivity contribution in [3.05, 3.63) is 46.7 Å². The minimum absolute atomic E-state index is 0.532. The highest BCUT2D eigenvalue weighted by atomic mass is 35.5. The molecule has 21 heavy (non-hydrogen) atoms. The number of rotatable bonds is 2. The maximum atomic E-state index is 8.93. The summed E-state index contributed by atoms with van der Waals surface area (Å²) in [6, 6.07) is 7.77. The van der Waals surface area contributed by atoms with E-state index in [2.05, 4.69) is 22.3 Å². The standard InChI is InChI=1S/C16H17ClN4/c1-20-11-14(10-19-20)12-4-6-21(7-5-12)15-3-2-13(9-18)16(17)8-15/h2-3,8,10-12H,4-7H2,1H3. The zero-order valence-corrected chi connectivity index (χ0v) is 12.7. The molecule has 2 heterocycles. The summed E-state index contributed by atoms with van der Waals surface area (Å²) < 4.78 is 1.86. The van der Waals surface area contributed by atoms with E-state index in [0.29, 0.717) is 16.5 Å². The molecule has 0 amide bonds. The van der Waals surface area contributed by atoms with E-state index in [-0.39, 0.29) is 0 Å². The number of hydrogen-bond donors (Lipinski definition) is 0. The first-order chi connectivity index (χ1) is 10.2. The van der Waals surface area contributed by atoms with Gasteiger partial charge in [0, 0.05) is 32.0 Å². The Hall–Kier alpha value is -1.99. The summed E-state index contributed by atoms with van der Waals surface area (Å²) in [5.41, 5.74) is 2.96. The number of aromatic nitrogens is 2. The normalized spacial score (nSPS) is 16.0. The number of benzene rings is 1. The Morgan fingerprint density at radius 3 is 2.67 bits per heavy atom. The van der Waals surface area contributed by atoms with E-state index in [1.807, 2.05) is 30.1 Å². The zero-order chi connectivity index (χ0) is 14.8. The molecular formula is C16H17ClN4. The summed E-state index contributed by atoms with van der Waals surface area (Å²) in [5, 5.41) is 13.7. The molecule has 108 valence electrons. The lowest BCUT2D eigenvalue weighted by Gasteiger charge is -2.33. The molecule has 3 rings (SSSR count). The fourth-order valence-electron chi connectivity index (χ4n) is 2.91. The smallest absolute Gasteiger partial charge is 0.101 e. The van der Waals surface area contributed by atoms with Crippen LogP contribution in [0.25, 0.3) is 0 Å². The third-order valence-electron chi connectivity index (χ3n) is 4.13. The molecule has 0 atom stereocenters. The van der Waals surface area contributed by atoms with E-state index < -0.39 is 0 Å². The lowest BCUT2D eigenvalue weighted by atomic mass is 9.91. The number of hydrogen-bond acceptors (Lipinski definition) is 3. The molecule has 0 radical (unpaired) electrons. The first-order valence-electron chi connectivity index (χ1n) is 7.10. The van der Waals surface area contributed by atoms with Gasteiger partial charge in [0.2, 0.25) is 0 Å². The van der Waals surface area contributed by atoms with Crippen LogP contribution >= 0.6 is 11.6 Å². The second-order valence-corrected chi connectivity index (χ2v) is 5.89. The van der Waals surface area contributed by atoms with Gasteiger partial charge in [-0.25, -0.2) is 0 Å². The molecule has 0 spiro atoms. The molecule has 0 aliphatic carbocycles. The second-order valence-electron chi connectivity index (χ2n) is 5.48. The van der Waals surface area contributed by atoms with Crippen LogP contribution in [-0.4, -0.2) is 22.9 Å². The van der Waals surface area contributed by atoms with Crippen molar-refractivity contribution in [1.82, 2.24) is 9.78 Å². The molecule has 1 aliphatic rings. The topological polar surface area (TPSA) is 44.9 Å². The Bertz CT molecular complexity index is 678. The molecule has 1 saturated heterocycles. The first-order valence-corrected chi connectivity index (χ1v) is 7.48. The van der Waals surface area contributed by atoms with Gasteiger partial charge in [-0.1, -0.05) is 11.6 Å². The minimum Gasteiger partial charge on any atom is -0.371 e. The Labute approximate surface area is 129 Å². The van der Waals surface area contributed by atoms with Gasteiger partial charge in [-0.2, -0.15) is 10.4 Å². The van der Waals surface area contributed by atoms with Gasteiger partial charge in [-0.3, -0.25) is 4.68 Å². The molecule has 1 aliphatic heterocycles. The highest BCUT2D eigenvalue weighted by molar-refractivity contribution is 6.32. The van der Waals surface area contributed by atoms with Gasteiger partial charge in [-0.15, -0.1) is 0 Å². The van der Waals surface area contributed by atoms with Gasteiger partial charge < -0.3 is 4.90 Å². The van der Waals surface area contributed by atoms with E-state index in [1.165, 1.54) is 5.56 Å².